The Morgan fingerprint density at radius 1 is 1.19 bits per heavy atom. The fourth-order valence-electron chi connectivity index (χ4n) is 3.38. The molecule has 2 aliphatic rings. The zero-order valence-corrected chi connectivity index (χ0v) is 13.3. The van der Waals surface area contributed by atoms with Gasteiger partial charge in [-0.25, -0.2) is 4.79 Å². The number of fused-ring (bicyclic) bond motifs is 2. The van der Waals surface area contributed by atoms with Gasteiger partial charge in [0, 0.05) is 40.7 Å². The number of nitrogens with one attached hydrogen (secondary N) is 1. The lowest BCUT2D eigenvalue weighted by molar-refractivity contribution is 0.0348. The Balaban J connectivity index is 1.57. The van der Waals surface area contributed by atoms with Gasteiger partial charge in [0.05, 0.1) is 0 Å². The standard InChI is InChI=1S/C15H18Cl2N2O2/c1-19-12-2-3-13(19)8-14(7-12)21-15(20)18-11-5-9(16)4-10(17)6-11/h4-6,12-14H,2-3,7-8H2,1H3,(H,18,20). The molecule has 1 amide bonds. The third-order valence-electron chi connectivity index (χ3n) is 4.44. The third kappa shape index (κ3) is 3.44. The summed E-state index contributed by atoms with van der Waals surface area (Å²) < 4.78 is 5.54. The molecule has 2 aliphatic heterocycles. The number of hydrogen-bond acceptors (Lipinski definition) is 3. The number of ether oxygens (including phenoxy) is 1. The normalized spacial score (nSPS) is 28.4. The Labute approximate surface area is 134 Å². The van der Waals surface area contributed by atoms with Crippen LogP contribution in [0.2, 0.25) is 10.0 Å². The van der Waals surface area contributed by atoms with Crippen LogP contribution in [0.5, 0.6) is 0 Å². The van der Waals surface area contributed by atoms with Gasteiger partial charge in [-0.1, -0.05) is 23.2 Å². The van der Waals surface area contributed by atoms with Gasteiger partial charge in [0.15, 0.2) is 0 Å². The van der Waals surface area contributed by atoms with Crippen LogP contribution in [0.4, 0.5) is 10.5 Å². The summed E-state index contributed by atoms with van der Waals surface area (Å²) in [5.74, 6) is 0. The highest BCUT2D eigenvalue weighted by Gasteiger charge is 2.39. The second kappa shape index (κ2) is 6.03. The summed E-state index contributed by atoms with van der Waals surface area (Å²) in [7, 11) is 2.16. The Bertz CT molecular complexity index is 518. The van der Waals surface area contributed by atoms with E-state index < -0.39 is 6.09 Å². The van der Waals surface area contributed by atoms with Gasteiger partial charge < -0.3 is 9.64 Å². The first-order valence-electron chi connectivity index (χ1n) is 7.17. The Morgan fingerprint density at radius 2 is 1.76 bits per heavy atom. The predicted octanol–water partition coefficient (Wildman–Crippen LogP) is 4.17. The molecule has 0 spiro atoms. The van der Waals surface area contributed by atoms with E-state index in [1.54, 1.807) is 18.2 Å². The molecule has 0 radical (unpaired) electrons. The third-order valence-corrected chi connectivity index (χ3v) is 4.87. The van der Waals surface area contributed by atoms with E-state index in [4.69, 9.17) is 27.9 Å². The fraction of sp³-hybridized carbons (Fsp3) is 0.533. The number of amides is 1. The van der Waals surface area contributed by atoms with Crippen molar-refractivity contribution in [2.45, 2.75) is 43.9 Å². The summed E-state index contributed by atoms with van der Waals surface area (Å²) in [5, 5.41) is 3.65. The molecular formula is C15H18Cl2N2O2. The second-order valence-electron chi connectivity index (χ2n) is 5.83. The molecule has 0 aliphatic carbocycles. The lowest BCUT2D eigenvalue weighted by atomic mass is 10.0. The molecule has 1 aromatic rings. The van der Waals surface area contributed by atoms with Gasteiger partial charge in [0.1, 0.15) is 6.10 Å². The first-order valence-corrected chi connectivity index (χ1v) is 7.92. The van der Waals surface area contributed by atoms with E-state index >= 15 is 0 Å². The monoisotopic (exact) mass is 328 g/mol. The van der Waals surface area contributed by atoms with E-state index in [-0.39, 0.29) is 6.10 Å². The van der Waals surface area contributed by atoms with Gasteiger partial charge >= 0.3 is 6.09 Å². The van der Waals surface area contributed by atoms with Gasteiger partial charge in [-0.15, -0.1) is 0 Å². The first-order chi connectivity index (χ1) is 10.0. The summed E-state index contributed by atoms with van der Waals surface area (Å²) in [5.41, 5.74) is 0.549. The van der Waals surface area contributed by atoms with Crippen molar-refractivity contribution in [1.29, 1.82) is 0 Å². The highest BCUT2D eigenvalue weighted by molar-refractivity contribution is 6.35. The highest BCUT2D eigenvalue weighted by Crippen LogP contribution is 2.35. The van der Waals surface area contributed by atoms with Crippen molar-refractivity contribution in [3.8, 4) is 0 Å². The minimum absolute atomic E-state index is 0.00615. The maximum Gasteiger partial charge on any atom is 0.411 e. The van der Waals surface area contributed by atoms with Crippen LogP contribution in [0.3, 0.4) is 0 Å². The summed E-state index contributed by atoms with van der Waals surface area (Å²) in [6.07, 6.45) is 3.78. The van der Waals surface area contributed by atoms with E-state index in [1.165, 1.54) is 12.8 Å². The van der Waals surface area contributed by atoms with Crippen molar-refractivity contribution < 1.29 is 9.53 Å². The van der Waals surface area contributed by atoms with E-state index in [0.29, 0.717) is 27.8 Å². The summed E-state index contributed by atoms with van der Waals surface area (Å²) >= 11 is 11.8. The van der Waals surface area contributed by atoms with Crippen molar-refractivity contribution >= 4 is 35.0 Å². The average Bonchev–Trinajstić information content (AvgIpc) is 2.59. The van der Waals surface area contributed by atoms with Crippen LogP contribution in [0.25, 0.3) is 0 Å². The Hall–Kier alpha value is -0.970. The molecule has 6 heteroatoms. The molecule has 1 aromatic carbocycles. The number of halogens is 2. The largest absolute Gasteiger partial charge is 0.446 e. The van der Waals surface area contributed by atoms with Crippen molar-refractivity contribution in [1.82, 2.24) is 4.90 Å². The number of hydrogen-bond donors (Lipinski definition) is 1. The SMILES string of the molecule is CN1C2CCC1CC(OC(=O)Nc1cc(Cl)cc(Cl)c1)C2. The second-order valence-corrected chi connectivity index (χ2v) is 6.71. The van der Waals surface area contributed by atoms with Crippen molar-refractivity contribution in [3.05, 3.63) is 28.2 Å². The molecule has 2 bridgehead atoms. The molecule has 2 unspecified atom stereocenters. The van der Waals surface area contributed by atoms with Gasteiger partial charge in [-0.3, -0.25) is 5.32 Å². The van der Waals surface area contributed by atoms with Crippen LogP contribution >= 0.6 is 23.2 Å². The molecule has 3 rings (SSSR count). The van der Waals surface area contributed by atoms with E-state index in [2.05, 4.69) is 17.3 Å². The quantitative estimate of drug-likeness (QED) is 0.885. The Kier molecular flexibility index (Phi) is 4.29. The number of nitrogens with zero attached hydrogens (tertiary/aromatic N) is 1. The highest BCUT2D eigenvalue weighted by atomic mass is 35.5. The fourth-order valence-corrected chi connectivity index (χ4v) is 3.91. The van der Waals surface area contributed by atoms with Gasteiger partial charge in [0.2, 0.25) is 0 Å². The smallest absolute Gasteiger partial charge is 0.411 e. The molecule has 0 saturated carbocycles. The molecule has 0 aromatic heterocycles. The molecule has 2 heterocycles. The molecular weight excluding hydrogens is 311 g/mol. The minimum atomic E-state index is -0.442. The number of anilines is 1. The van der Waals surface area contributed by atoms with Crippen LogP contribution in [-0.2, 0) is 4.74 Å². The maximum atomic E-state index is 12.0. The summed E-state index contributed by atoms with van der Waals surface area (Å²) in [4.78, 5) is 14.4. The van der Waals surface area contributed by atoms with Crippen molar-refractivity contribution in [2.24, 2.45) is 0 Å². The molecule has 2 fully saturated rings. The lowest BCUT2D eigenvalue weighted by Gasteiger charge is -2.35. The molecule has 4 nitrogen and oxygen atoms in total. The van der Waals surface area contributed by atoms with E-state index in [1.807, 2.05) is 0 Å². The molecule has 2 saturated heterocycles. The zero-order chi connectivity index (χ0) is 15.0. The number of carbonyl (C=O) groups excluding carboxylic acids is 1. The summed E-state index contributed by atoms with van der Waals surface area (Å²) in [6.45, 7) is 0. The maximum absolute atomic E-state index is 12.0. The van der Waals surface area contributed by atoms with E-state index in [9.17, 15) is 4.79 Å². The van der Waals surface area contributed by atoms with Crippen LogP contribution in [-0.4, -0.2) is 36.2 Å². The van der Waals surface area contributed by atoms with Crippen LogP contribution < -0.4 is 5.32 Å². The molecule has 114 valence electrons. The van der Waals surface area contributed by atoms with Crippen LogP contribution in [0, 0.1) is 0 Å². The van der Waals surface area contributed by atoms with Gasteiger partial charge in [-0.2, -0.15) is 0 Å². The zero-order valence-electron chi connectivity index (χ0n) is 11.8. The lowest BCUT2D eigenvalue weighted by Crippen LogP contribution is -2.43. The Morgan fingerprint density at radius 3 is 2.33 bits per heavy atom. The predicted molar refractivity (Wildman–Crippen MR) is 84.2 cm³/mol. The minimum Gasteiger partial charge on any atom is -0.446 e. The number of carbonyl (C=O) groups is 1. The molecule has 1 N–H and O–H groups in total. The van der Waals surface area contributed by atoms with Gasteiger partial charge in [0.25, 0.3) is 0 Å². The van der Waals surface area contributed by atoms with Crippen molar-refractivity contribution in [3.63, 3.8) is 0 Å². The number of benzene rings is 1. The molecule has 21 heavy (non-hydrogen) atoms. The topological polar surface area (TPSA) is 41.6 Å². The molecule has 2 atom stereocenters. The number of rotatable bonds is 2. The van der Waals surface area contributed by atoms with Gasteiger partial charge in [-0.05, 0) is 38.1 Å². The van der Waals surface area contributed by atoms with Crippen molar-refractivity contribution in [2.75, 3.05) is 12.4 Å². The average molecular weight is 329 g/mol. The summed E-state index contributed by atoms with van der Waals surface area (Å²) in [6, 6.07) is 6.00. The first kappa shape index (κ1) is 14.9. The number of piperidine rings is 1. The van der Waals surface area contributed by atoms with Crippen LogP contribution in [0.15, 0.2) is 18.2 Å². The van der Waals surface area contributed by atoms with E-state index in [0.717, 1.165) is 12.8 Å². The van der Waals surface area contributed by atoms with Crippen LogP contribution in [0.1, 0.15) is 25.7 Å².